The number of nitrogens with one attached hydrogen (secondary N) is 1. The average molecular weight is 396 g/mol. The fourth-order valence-corrected chi connectivity index (χ4v) is 3.90. The summed E-state index contributed by atoms with van der Waals surface area (Å²) in [6.45, 7) is 4.48. The number of aromatic amines is 1. The van der Waals surface area contributed by atoms with E-state index in [0.29, 0.717) is 34.9 Å². The van der Waals surface area contributed by atoms with Crippen LogP contribution in [-0.2, 0) is 12.1 Å². The molecule has 0 radical (unpaired) electrons. The van der Waals surface area contributed by atoms with Crippen LogP contribution in [-0.4, -0.2) is 24.7 Å². The molecule has 2 aliphatic rings. The molecule has 3 aromatic rings. The van der Waals surface area contributed by atoms with Crippen LogP contribution in [0.25, 0.3) is 22.5 Å². The highest BCUT2D eigenvalue weighted by Gasteiger charge is 2.39. The zero-order valence-corrected chi connectivity index (χ0v) is 16.6. The van der Waals surface area contributed by atoms with Gasteiger partial charge in [-0.2, -0.15) is 4.98 Å². The van der Waals surface area contributed by atoms with Crippen molar-refractivity contribution in [1.82, 2.24) is 24.7 Å². The topological polar surface area (TPSA) is 133 Å². The molecule has 0 unspecified atom stereocenters. The first kappa shape index (κ1) is 18.2. The SMILES string of the molecule is CC(C)Cn1c(=O)[nH]c(=O)c2c(-c3nc(C4(N)CCC4)no3)cc(C3CC3)nc21. The van der Waals surface area contributed by atoms with E-state index < -0.39 is 16.8 Å². The normalized spacial score (nSPS) is 18.3. The lowest BCUT2D eigenvalue weighted by Gasteiger charge is -2.34. The monoisotopic (exact) mass is 396 g/mol. The Morgan fingerprint density at radius 3 is 2.69 bits per heavy atom. The largest absolute Gasteiger partial charge is 0.334 e. The summed E-state index contributed by atoms with van der Waals surface area (Å²) in [6, 6.07) is 1.85. The van der Waals surface area contributed by atoms with Crippen molar-refractivity contribution in [2.75, 3.05) is 0 Å². The molecule has 152 valence electrons. The summed E-state index contributed by atoms with van der Waals surface area (Å²) in [4.78, 5) is 36.9. The van der Waals surface area contributed by atoms with E-state index in [1.165, 1.54) is 4.57 Å². The Balaban J connectivity index is 1.76. The zero-order valence-electron chi connectivity index (χ0n) is 16.6. The van der Waals surface area contributed by atoms with E-state index in [-0.39, 0.29) is 11.8 Å². The number of nitrogens with zero attached hydrogens (tertiary/aromatic N) is 4. The van der Waals surface area contributed by atoms with Crippen molar-refractivity contribution >= 4 is 11.0 Å². The standard InChI is InChI=1S/C20H24N6O3/c1-10(2)9-26-15-14(16(27)23-19(26)28)12(8-13(22-15)11-4-5-11)17-24-18(25-29-17)20(21)6-3-7-20/h8,10-11H,3-7,9,21H2,1-2H3,(H,23,27,28). The van der Waals surface area contributed by atoms with Gasteiger partial charge >= 0.3 is 5.69 Å². The molecule has 0 amide bonds. The van der Waals surface area contributed by atoms with Gasteiger partial charge in [-0.25, -0.2) is 9.78 Å². The summed E-state index contributed by atoms with van der Waals surface area (Å²) in [5.74, 6) is 1.24. The molecule has 0 bridgehead atoms. The number of hydrogen-bond acceptors (Lipinski definition) is 7. The highest BCUT2D eigenvalue weighted by atomic mass is 16.5. The van der Waals surface area contributed by atoms with Crippen LogP contribution in [0.4, 0.5) is 0 Å². The van der Waals surface area contributed by atoms with Crippen LogP contribution in [0.5, 0.6) is 0 Å². The van der Waals surface area contributed by atoms with Crippen LogP contribution in [0.3, 0.4) is 0 Å². The molecule has 0 atom stereocenters. The van der Waals surface area contributed by atoms with Crippen molar-refractivity contribution in [2.24, 2.45) is 11.7 Å². The molecule has 0 aliphatic heterocycles. The van der Waals surface area contributed by atoms with Gasteiger partial charge < -0.3 is 10.3 Å². The molecule has 9 nitrogen and oxygen atoms in total. The van der Waals surface area contributed by atoms with Crippen LogP contribution >= 0.6 is 0 Å². The van der Waals surface area contributed by atoms with Gasteiger partial charge in [0.15, 0.2) is 11.5 Å². The van der Waals surface area contributed by atoms with Crippen LogP contribution in [0.1, 0.15) is 63.4 Å². The first-order valence-corrected chi connectivity index (χ1v) is 10.2. The average Bonchev–Trinajstić information content (AvgIpc) is 3.38. The number of rotatable bonds is 5. The Kier molecular flexibility index (Phi) is 3.99. The van der Waals surface area contributed by atoms with E-state index in [4.69, 9.17) is 15.2 Å². The minimum absolute atomic E-state index is 0.211. The maximum atomic E-state index is 12.8. The smallest absolute Gasteiger partial charge is 0.330 e. The van der Waals surface area contributed by atoms with Crippen LogP contribution in [0, 0.1) is 5.92 Å². The first-order valence-electron chi connectivity index (χ1n) is 10.2. The van der Waals surface area contributed by atoms with E-state index in [0.717, 1.165) is 37.8 Å². The fourth-order valence-electron chi connectivity index (χ4n) is 3.90. The molecule has 5 rings (SSSR count). The van der Waals surface area contributed by atoms with Crippen molar-refractivity contribution in [3.63, 3.8) is 0 Å². The lowest BCUT2D eigenvalue weighted by atomic mass is 9.77. The minimum atomic E-state index is -0.559. The molecule has 2 fully saturated rings. The van der Waals surface area contributed by atoms with Gasteiger partial charge in [0, 0.05) is 18.2 Å². The number of nitrogens with two attached hydrogens (primary N) is 1. The van der Waals surface area contributed by atoms with Gasteiger partial charge in [-0.3, -0.25) is 14.3 Å². The number of H-pyrrole nitrogens is 1. The van der Waals surface area contributed by atoms with E-state index in [9.17, 15) is 9.59 Å². The molecule has 3 N–H and O–H groups in total. The van der Waals surface area contributed by atoms with Gasteiger partial charge in [0.25, 0.3) is 11.4 Å². The summed E-state index contributed by atoms with van der Waals surface area (Å²) >= 11 is 0. The molecular formula is C20H24N6O3. The molecule has 3 heterocycles. The van der Waals surface area contributed by atoms with Gasteiger partial charge in [0.2, 0.25) is 0 Å². The Morgan fingerprint density at radius 1 is 1.31 bits per heavy atom. The molecular weight excluding hydrogens is 372 g/mol. The van der Waals surface area contributed by atoms with Crippen molar-refractivity contribution < 1.29 is 4.52 Å². The maximum absolute atomic E-state index is 12.8. The number of hydrogen-bond donors (Lipinski definition) is 2. The summed E-state index contributed by atoms with van der Waals surface area (Å²) in [5, 5.41) is 4.38. The lowest BCUT2D eigenvalue weighted by molar-refractivity contribution is 0.229. The van der Waals surface area contributed by atoms with Gasteiger partial charge in [0.1, 0.15) is 0 Å². The minimum Gasteiger partial charge on any atom is -0.334 e. The molecule has 2 aliphatic carbocycles. The molecule has 0 aromatic carbocycles. The third-order valence-electron chi connectivity index (χ3n) is 5.86. The molecule has 2 saturated carbocycles. The lowest BCUT2D eigenvalue weighted by Crippen LogP contribution is -2.44. The Hall–Kier alpha value is -2.81. The summed E-state index contributed by atoms with van der Waals surface area (Å²) in [5.41, 5.74) is 6.55. The van der Waals surface area contributed by atoms with E-state index in [2.05, 4.69) is 15.1 Å². The Labute approximate surface area is 166 Å². The van der Waals surface area contributed by atoms with E-state index >= 15 is 0 Å². The predicted molar refractivity (Wildman–Crippen MR) is 106 cm³/mol. The third-order valence-corrected chi connectivity index (χ3v) is 5.86. The second-order valence-electron chi connectivity index (χ2n) is 8.76. The van der Waals surface area contributed by atoms with Crippen LogP contribution in [0.15, 0.2) is 20.2 Å². The second kappa shape index (κ2) is 6.35. The van der Waals surface area contributed by atoms with Gasteiger partial charge in [-0.1, -0.05) is 19.0 Å². The first-order chi connectivity index (χ1) is 13.9. The second-order valence-corrected chi connectivity index (χ2v) is 8.76. The fraction of sp³-hybridized carbons (Fsp3) is 0.550. The molecule has 9 heteroatoms. The summed E-state index contributed by atoms with van der Waals surface area (Å²) in [7, 11) is 0. The van der Waals surface area contributed by atoms with Gasteiger partial charge in [-0.15, -0.1) is 0 Å². The Morgan fingerprint density at radius 2 is 2.07 bits per heavy atom. The van der Waals surface area contributed by atoms with E-state index in [1.54, 1.807) is 0 Å². The number of pyridine rings is 1. The third kappa shape index (κ3) is 3.00. The van der Waals surface area contributed by atoms with Gasteiger partial charge in [0.05, 0.1) is 16.5 Å². The number of fused-ring (bicyclic) bond motifs is 1. The zero-order chi connectivity index (χ0) is 20.3. The van der Waals surface area contributed by atoms with Gasteiger partial charge in [-0.05, 0) is 44.1 Å². The maximum Gasteiger partial charge on any atom is 0.330 e. The summed E-state index contributed by atoms with van der Waals surface area (Å²) < 4.78 is 7.07. The molecule has 3 aromatic heterocycles. The molecule has 0 spiro atoms. The van der Waals surface area contributed by atoms with Crippen molar-refractivity contribution in [2.45, 2.75) is 64.0 Å². The quantitative estimate of drug-likeness (QED) is 0.674. The van der Waals surface area contributed by atoms with Crippen molar-refractivity contribution in [1.29, 1.82) is 0 Å². The Bertz CT molecular complexity index is 1210. The summed E-state index contributed by atoms with van der Waals surface area (Å²) in [6.07, 6.45) is 4.73. The highest BCUT2D eigenvalue weighted by Crippen LogP contribution is 2.42. The van der Waals surface area contributed by atoms with Crippen molar-refractivity contribution in [3.05, 3.63) is 38.4 Å². The highest BCUT2D eigenvalue weighted by molar-refractivity contribution is 5.90. The molecule has 29 heavy (non-hydrogen) atoms. The van der Waals surface area contributed by atoms with E-state index in [1.807, 2.05) is 19.9 Å². The van der Waals surface area contributed by atoms with Crippen LogP contribution in [0.2, 0.25) is 0 Å². The van der Waals surface area contributed by atoms with Crippen LogP contribution < -0.4 is 17.0 Å². The number of aromatic nitrogens is 5. The predicted octanol–water partition coefficient (Wildman–Crippen LogP) is 2.01. The van der Waals surface area contributed by atoms with Crippen molar-refractivity contribution in [3.8, 4) is 11.5 Å². The molecule has 0 saturated heterocycles.